The number of hydrogen-bond acceptors (Lipinski definition) is 5. The number of rotatable bonds is 5. The smallest absolute Gasteiger partial charge is 0.267 e. The van der Waals surface area contributed by atoms with Crippen molar-refractivity contribution in [3.8, 4) is 6.07 Å². The number of nitrogens with zero attached hydrogens (tertiary/aromatic N) is 1. The molecule has 0 bridgehead atoms. The van der Waals surface area contributed by atoms with Crippen LogP contribution in [0.3, 0.4) is 0 Å². The minimum Gasteiger partial charge on any atom is -0.360 e. The Hall–Kier alpha value is -2.42. The lowest BCUT2D eigenvalue weighted by molar-refractivity contribution is -0.112. The molecule has 4 N–H and O–H groups in total. The van der Waals surface area contributed by atoms with E-state index in [0.29, 0.717) is 5.69 Å². The first-order valence-corrected chi connectivity index (χ1v) is 9.49. The van der Waals surface area contributed by atoms with Crippen molar-refractivity contribution in [2.75, 3.05) is 10.6 Å². The van der Waals surface area contributed by atoms with Crippen LogP contribution in [0.25, 0.3) is 0 Å². The summed E-state index contributed by atoms with van der Waals surface area (Å²) < 4.78 is 23.4. The van der Waals surface area contributed by atoms with Crippen molar-refractivity contribution in [2.24, 2.45) is 5.14 Å². The van der Waals surface area contributed by atoms with Crippen molar-refractivity contribution < 1.29 is 13.2 Å². The molecule has 2 aromatic rings. The van der Waals surface area contributed by atoms with Crippen LogP contribution in [0.5, 0.6) is 0 Å². The Morgan fingerprint density at radius 3 is 2.16 bits per heavy atom. The molecule has 9 heteroatoms. The van der Waals surface area contributed by atoms with Gasteiger partial charge in [-0.1, -0.05) is 0 Å². The number of hydrogen-bond donors (Lipinski definition) is 3. The topological polar surface area (TPSA) is 125 Å². The van der Waals surface area contributed by atoms with Gasteiger partial charge in [-0.3, -0.25) is 4.79 Å². The van der Waals surface area contributed by atoms with E-state index >= 15 is 0 Å². The van der Waals surface area contributed by atoms with E-state index < -0.39 is 15.9 Å². The molecule has 0 unspecified atom stereocenters. The molecular weight excluding hydrogens is 455 g/mol. The number of amides is 1. The van der Waals surface area contributed by atoms with Gasteiger partial charge in [0.05, 0.1) is 4.90 Å². The summed E-state index contributed by atoms with van der Waals surface area (Å²) >= 11 is 2.17. The second-order valence-electron chi connectivity index (χ2n) is 4.84. The van der Waals surface area contributed by atoms with E-state index in [9.17, 15) is 13.2 Å². The molecule has 0 aromatic heterocycles. The lowest BCUT2D eigenvalue weighted by atomic mass is 10.2. The van der Waals surface area contributed by atoms with Crippen LogP contribution in [-0.4, -0.2) is 14.3 Å². The molecule has 0 spiro atoms. The largest absolute Gasteiger partial charge is 0.360 e. The normalized spacial score (nSPS) is 11.5. The van der Waals surface area contributed by atoms with E-state index in [-0.39, 0.29) is 10.5 Å². The molecule has 0 saturated carbocycles. The van der Waals surface area contributed by atoms with Gasteiger partial charge in [0.25, 0.3) is 5.91 Å². The highest BCUT2D eigenvalue weighted by Gasteiger charge is 2.11. The van der Waals surface area contributed by atoms with Gasteiger partial charge in [-0.2, -0.15) is 5.26 Å². The summed E-state index contributed by atoms with van der Waals surface area (Å²) in [5.41, 5.74) is 0.945. The third-order valence-electron chi connectivity index (χ3n) is 3.03. The minimum atomic E-state index is -3.80. The molecule has 25 heavy (non-hydrogen) atoms. The Morgan fingerprint density at radius 2 is 1.64 bits per heavy atom. The highest BCUT2D eigenvalue weighted by molar-refractivity contribution is 14.1. The monoisotopic (exact) mass is 468 g/mol. The number of halogens is 1. The van der Waals surface area contributed by atoms with E-state index in [0.717, 1.165) is 9.26 Å². The predicted octanol–water partition coefficient (Wildman–Crippen LogP) is 2.40. The second kappa shape index (κ2) is 8.11. The molecule has 0 saturated heterocycles. The van der Waals surface area contributed by atoms with E-state index in [4.69, 9.17) is 10.4 Å². The van der Waals surface area contributed by atoms with Gasteiger partial charge < -0.3 is 10.6 Å². The fraction of sp³-hybridized carbons (Fsp3) is 0. The Balaban J connectivity index is 2.08. The maximum atomic E-state index is 12.1. The summed E-state index contributed by atoms with van der Waals surface area (Å²) in [6.07, 6.45) is 1.30. The van der Waals surface area contributed by atoms with Crippen molar-refractivity contribution in [3.05, 3.63) is 63.9 Å². The number of nitriles is 1. The molecule has 0 fully saturated rings. The molecule has 0 atom stereocenters. The number of sulfonamides is 1. The number of primary sulfonamides is 1. The lowest BCUT2D eigenvalue weighted by Gasteiger charge is -2.06. The quantitative estimate of drug-likeness (QED) is 0.353. The molecule has 128 valence electrons. The zero-order valence-electron chi connectivity index (χ0n) is 12.7. The Kier molecular flexibility index (Phi) is 6.13. The van der Waals surface area contributed by atoms with Crippen LogP contribution in [-0.2, 0) is 14.8 Å². The third kappa shape index (κ3) is 5.56. The number of nitrogens with two attached hydrogens (primary N) is 1. The van der Waals surface area contributed by atoms with Gasteiger partial charge in [0.15, 0.2) is 0 Å². The van der Waals surface area contributed by atoms with Crippen LogP contribution in [0.4, 0.5) is 11.4 Å². The standard InChI is InChI=1S/C16H13IN4O3S/c17-12-1-3-13(4-2-12)20-10-11(9-18)16(22)21-14-5-7-15(8-6-14)25(19,23)24/h1-8,10,20H,(H,21,22)(H2,19,23,24)/b11-10-. The van der Waals surface area contributed by atoms with Crippen LogP contribution in [0.2, 0.25) is 0 Å². The minimum absolute atomic E-state index is 0.0677. The zero-order valence-corrected chi connectivity index (χ0v) is 15.7. The highest BCUT2D eigenvalue weighted by Crippen LogP contribution is 2.14. The molecule has 0 aliphatic rings. The van der Waals surface area contributed by atoms with E-state index in [1.807, 2.05) is 30.3 Å². The van der Waals surface area contributed by atoms with E-state index in [1.165, 1.54) is 30.5 Å². The highest BCUT2D eigenvalue weighted by atomic mass is 127. The summed E-state index contributed by atoms with van der Waals surface area (Å²) in [4.78, 5) is 12.0. The van der Waals surface area contributed by atoms with Gasteiger partial charge in [0.2, 0.25) is 10.0 Å². The van der Waals surface area contributed by atoms with Gasteiger partial charge >= 0.3 is 0 Å². The number of carbonyl (C=O) groups excluding carboxylic acids is 1. The maximum absolute atomic E-state index is 12.1. The van der Waals surface area contributed by atoms with Gasteiger partial charge in [-0.25, -0.2) is 13.6 Å². The summed E-state index contributed by atoms with van der Waals surface area (Å²) in [7, 11) is -3.80. The Morgan fingerprint density at radius 1 is 1.08 bits per heavy atom. The Bertz CT molecular complexity index is 946. The van der Waals surface area contributed by atoms with Crippen molar-refractivity contribution in [1.82, 2.24) is 0 Å². The number of benzene rings is 2. The second-order valence-corrected chi connectivity index (χ2v) is 7.65. The maximum Gasteiger partial charge on any atom is 0.267 e. The van der Waals surface area contributed by atoms with Crippen LogP contribution < -0.4 is 15.8 Å². The molecule has 1 amide bonds. The molecule has 0 radical (unpaired) electrons. The van der Waals surface area contributed by atoms with Crippen molar-refractivity contribution in [1.29, 1.82) is 5.26 Å². The first-order chi connectivity index (χ1) is 11.8. The average Bonchev–Trinajstić information content (AvgIpc) is 2.56. The molecule has 0 aliphatic heterocycles. The molecule has 2 rings (SSSR count). The molecule has 7 nitrogen and oxygen atoms in total. The number of anilines is 2. The molecular formula is C16H13IN4O3S. The average molecular weight is 468 g/mol. The van der Waals surface area contributed by atoms with Gasteiger partial charge in [0.1, 0.15) is 11.6 Å². The molecule has 0 heterocycles. The Labute approximate surface area is 158 Å². The third-order valence-corrected chi connectivity index (χ3v) is 4.68. The summed E-state index contributed by atoms with van der Waals surface area (Å²) in [6, 6.07) is 14.5. The van der Waals surface area contributed by atoms with Crippen molar-refractivity contribution >= 4 is 49.9 Å². The first kappa shape index (κ1) is 18.9. The van der Waals surface area contributed by atoms with Crippen LogP contribution in [0.1, 0.15) is 0 Å². The summed E-state index contributed by atoms with van der Waals surface area (Å²) in [6.45, 7) is 0. The fourth-order valence-corrected chi connectivity index (χ4v) is 2.65. The van der Waals surface area contributed by atoms with E-state index in [2.05, 4.69) is 33.2 Å². The first-order valence-electron chi connectivity index (χ1n) is 6.86. The number of nitrogens with one attached hydrogen (secondary N) is 2. The van der Waals surface area contributed by atoms with Crippen LogP contribution in [0, 0.1) is 14.9 Å². The van der Waals surface area contributed by atoms with Gasteiger partial charge in [-0.15, -0.1) is 0 Å². The van der Waals surface area contributed by atoms with Gasteiger partial charge in [-0.05, 0) is 71.1 Å². The summed E-state index contributed by atoms with van der Waals surface area (Å²) in [5.74, 6) is -0.621. The van der Waals surface area contributed by atoms with Crippen molar-refractivity contribution in [2.45, 2.75) is 4.90 Å². The lowest BCUT2D eigenvalue weighted by Crippen LogP contribution is -2.15. The molecule has 0 aliphatic carbocycles. The SMILES string of the molecule is N#C/C(=C/Nc1ccc(I)cc1)C(=O)Nc1ccc(S(N)(=O)=O)cc1. The van der Waals surface area contributed by atoms with Crippen LogP contribution >= 0.6 is 22.6 Å². The predicted molar refractivity (Wildman–Crippen MR) is 103 cm³/mol. The van der Waals surface area contributed by atoms with E-state index in [1.54, 1.807) is 0 Å². The van der Waals surface area contributed by atoms with Crippen molar-refractivity contribution in [3.63, 3.8) is 0 Å². The number of carbonyl (C=O) groups is 1. The molecule has 2 aromatic carbocycles. The van der Waals surface area contributed by atoms with Crippen LogP contribution in [0.15, 0.2) is 65.2 Å². The zero-order chi connectivity index (χ0) is 18.4. The fourth-order valence-electron chi connectivity index (χ4n) is 1.78. The van der Waals surface area contributed by atoms with Gasteiger partial charge in [0, 0.05) is 21.1 Å². The summed E-state index contributed by atoms with van der Waals surface area (Å²) in [5, 5.41) is 19.5.